The third-order valence-electron chi connectivity index (χ3n) is 4.79. The first-order valence-electron chi connectivity index (χ1n) is 9.68. The Kier molecular flexibility index (Phi) is 6.05. The van der Waals surface area contributed by atoms with Gasteiger partial charge in [-0.3, -0.25) is 0 Å². The molecular weight excluding hydrogens is 414 g/mol. The summed E-state index contributed by atoms with van der Waals surface area (Å²) in [6, 6.07) is 20.5. The second-order valence-electron chi connectivity index (χ2n) is 6.95. The van der Waals surface area contributed by atoms with Gasteiger partial charge in [-0.2, -0.15) is 0 Å². The number of carbonyl (C=O) groups is 1. The lowest BCUT2D eigenvalue weighted by Crippen LogP contribution is -2.06. The van der Waals surface area contributed by atoms with Gasteiger partial charge in [-0.25, -0.2) is 9.79 Å². The second kappa shape index (κ2) is 9.06. The second-order valence-corrected chi connectivity index (χ2v) is 7.38. The molecule has 3 aromatic carbocycles. The van der Waals surface area contributed by atoms with Crippen molar-refractivity contribution in [1.82, 2.24) is 0 Å². The van der Waals surface area contributed by atoms with E-state index in [4.69, 9.17) is 25.8 Å². The highest BCUT2D eigenvalue weighted by Gasteiger charge is 2.25. The fourth-order valence-corrected chi connectivity index (χ4v) is 3.44. The van der Waals surface area contributed by atoms with Crippen molar-refractivity contribution >= 4 is 29.5 Å². The summed E-state index contributed by atoms with van der Waals surface area (Å²) in [5.41, 5.74) is 3.52. The Morgan fingerprint density at radius 2 is 1.87 bits per heavy atom. The predicted octanol–water partition coefficient (Wildman–Crippen LogP) is 5.58. The quantitative estimate of drug-likeness (QED) is 0.376. The largest absolute Gasteiger partial charge is 0.493 e. The number of aryl methyl sites for hydroxylation is 1. The molecule has 1 aliphatic rings. The van der Waals surface area contributed by atoms with Crippen LogP contribution in [-0.2, 0) is 16.1 Å². The Bertz CT molecular complexity index is 1200. The number of hydrogen-bond donors (Lipinski definition) is 0. The molecule has 1 heterocycles. The number of methoxy groups -OCH3 is 1. The third-order valence-corrected chi connectivity index (χ3v) is 5.02. The number of cyclic esters (lactones) is 1. The van der Waals surface area contributed by atoms with E-state index in [2.05, 4.69) is 4.99 Å². The molecule has 0 atom stereocenters. The number of halogens is 1. The van der Waals surface area contributed by atoms with Crippen molar-refractivity contribution in [1.29, 1.82) is 0 Å². The molecule has 0 fully saturated rings. The molecule has 5 nitrogen and oxygen atoms in total. The summed E-state index contributed by atoms with van der Waals surface area (Å²) in [5, 5.41) is 0.634. The van der Waals surface area contributed by atoms with Gasteiger partial charge >= 0.3 is 5.97 Å². The zero-order valence-corrected chi connectivity index (χ0v) is 17.8. The number of ether oxygens (including phenoxy) is 3. The Hall–Kier alpha value is -3.57. The first-order valence-corrected chi connectivity index (χ1v) is 10.1. The maximum Gasteiger partial charge on any atom is 0.363 e. The normalized spacial score (nSPS) is 14.4. The van der Waals surface area contributed by atoms with E-state index in [0.29, 0.717) is 34.6 Å². The van der Waals surface area contributed by atoms with E-state index in [1.807, 2.05) is 61.5 Å². The van der Waals surface area contributed by atoms with Gasteiger partial charge in [0.2, 0.25) is 5.90 Å². The molecule has 0 saturated heterocycles. The van der Waals surface area contributed by atoms with Crippen LogP contribution < -0.4 is 9.47 Å². The van der Waals surface area contributed by atoms with Crippen LogP contribution in [0, 0.1) is 6.92 Å². The molecule has 0 saturated carbocycles. The molecule has 0 aliphatic carbocycles. The highest BCUT2D eigenvalue weighted by Crippen LogP contribution is 2.34. The maximum atomic E-state index is 12.5. The van der Waals surface area contributed by atoms with Crippen LogP contribution in [0.1, 0.15) is 22.3 Å². The Labute approximate surface area is 185 Å². The molecule has 0 unspecified atom stereocenters. The van der Waals surface area contributed by atoms with E-state index < -0.39 is 5.97 Å². The summed E-state index contributed by atoms with van der Waals surface area (Å²) in [7, 11) is 1.57. The highest BCUT2D eigenvalue weighted by molar-refractivity contribution is 6.30. The van der Waals surface area contributed by atoms with Gasteiger partial charge in [-0.05, 0) is 48.4 Å². The van der Waals surface area contributed by atoms with Crippen molar-refractivity contribution in [2.45, 2.75) is 13.5 Å². The number of benzene rings is 3. The third kappa shape index (κ3) is 4.62. The summed E-state index contributed by atoms with van der Waals surface area (Å²) in [6.45, 7) is 2.23. The van der Waals surface area contributed by atoms with E-state index in [1.165, 1.54) is 0 Å². The first-order chi connectivity index (χ1) is 15.0. The lowest BCUT2D eigenvalue weighted by Gasteiger charge is -2.13. The van der Waals surface area contributed by atoms with Crippen molar-refractivity contribution < 1.29 is 19.0 Å². The van der Waals surface area contributed by atoms with Crippen LogP contribution in [-0.4, -0.2) is 19.0 Å². The van der Waals surface area contributed by atoms with Crippen molar-refractivity contribution in [2.75, 3.05) is 7.11 Å². The summed E-state index contributed by atoms with van der Waals surface area (Å²) in [5.74, 6) is 0.830. The van der Waals surface area contributed by atoms with Crippen LogP contribution >= 0.6 is 11.6 Å². The summed E-state index contributed by atoms with van der Waals surface area (Å²) >= 11 is 6.07. The van der Waals surface area contributed by atoms with Crippen LogP contribution in [0.15, 0.2) is 77.4 Å². The van der Waals surface area contributed by atoms with Crippen molar-refractivity contribution in [3.8, 4) is 11.5 Å². The number of aliphatic imine (C=N–C) groups is 1. The summed E-state index contributed by atoms with van der Waals surface area (Å²) < 4.78 is 16.9. The molecule has 4 rings (SSSR count). The number of esters is 1. The smallest absolute Gasteiger partial charge is 0.363 e. The summed E-state index contributed by atoms with van der Waals surface area (Å²) in [4.78, 5) is 16.9. The molecule has 156 valence electrons. The molecular formula is C25H20ClNO4. The number of nitrogens with zero attached hydrogens (tertiary/aromatic N) is 1. The van der Waals surface area contributed by atoms with E-state index in [-0.39, 0.29) is 5.70 Å². The minimum Gasteiger partial charge on any atom is -0.493 e. The first kappa shape index (κ1) is 20.7. The van der Waals surface area contributed by atoms with Gasteiger partial charge in [0, 0.05) is 16.1 Å². The van der Waals surface area contributed by atoms with Gasteiger partial charge in [0.25, 0.3) is 0 Å². The highest BCUT2D eigenvalue weighted by atomic mass is 35.5. The molecule has 31 heavy (non-hydrogen) atoms. The van der Waals surface area contributed by atoms with Crippen LogP contribution in [0.5, 0.6) is 11.5 Å². The van der Waals surface area contributed by atoms with Crippen molar-refractivity contribution in [3.05, 3.63) is 99.7 Å². The molecule has 0 bridgehead atoms. The molecule has 6 heteroatoms. The molecule has 1 aliphatic heterocycles. The maximum absolute atomic E-state index is 12.5. The van der Waals surface area contributed by atoms with Gasteiger partial charge < -0.3 is 14.2 Å². The minimum atomic E-state index is -0.512. The van der Waals surface area contributed by atoms with E-state index in [0.717, 1.165) is 16.7 Å². The Morgan fingerprint density at radius 1 is 1.06 bits per heavy atom. The number of rotatable bonds is 6. The molecule has 0 radical (unpaired) electrons. The zero-order chi connectivity index (χ0) is 21.8. The monoisotopic (exact) mass is 433 g/mol. The van der Waals surface area contributed by atoms with Gasteiger partial charge in [0.05, 0.1) is 7.11 Å². The van der Waals surface area contributed by atoms with Gasteiger partial charge in [-0.1, -0.05) is 54.1 Å². The molecule has 3 aromatic rings. The zero-order valence-electron chi connectivity index (χ0n) is 17.1. The van der Waals surface area contributed by atoms with E-state index >= 15 is 0 Å². The fraction of sp³-hybridized carbons (Fsp3) is 0.120. The number of para-hydroxylation sites is 1. The van der Waals surface area contributed by atoms with Gasteiger partial charge in [0.15, 0.2) is 17.2 Å². The number of hydrogen-bond acceptors (Lipinski definition) is 5. The average Bonchev–Trinajstić information content (AvgIpc) is 3.13. The van der Waals surface area contributed by atoms with E-state index in [9.17, 15) is 4.79 Å². The minimum absolute atomic E-state index is 0.194. The topological polar surface area (TPSA) is 57.1 Å². The van der Waals surface area contributed by atoms with Crippen LogP contribution in [0.25, 0.3) is 6.08 Å². The molecule has 0 spiro atoms. The van der Waals surface area contributed by atoms with Gasteiger partial charge in [-0.15, -0.1) is 0 Å². The Morgan fingerprint density at radius 3 is 2.65 bits per heavy atom. The van der Waals surface area contributed by atoms with Crippen LogP contribution in [0.4, 0.5) is 0 Å². The molecule has 0 aromatic heterocycles. The van der Waals surface area contributed by atoms with E-state index in [1.54, 1.807) is 25.3 Å². The molecule has 0 N–H and O–H groups in total. The fourth-order valence-electron chi connectivity index (χ4n) is 3.23. The van der Waals surface area contributed by atoms with Crippen LogP contribution in [0.3, 0.4) is 0 Å². The standard InChI is InChI=1S/C25H20ClNO4/c1-16-7-3-4-11-20(16)24-27-21(25(28)31-24)14-18-9-6-12-22(29-2)23(18)30-15-17-8-5-10-19(26)13-17/h3-14H,15H2,1-2H3/b21-14-. The Balaban J connectivity index is 1.67. The van der Waals surface area contributed by atoms with Crippen molar-refractivity contribution in [3.63, 3.8) is 0 Å². The SMILES string of the molecule is COc1cccc(/C=C2\N=C(c3ccccc3C)OC2=O)c1OCc1cccc(Cl)c1. The summed E-state index contributed by atoms with van der Waals surface area (Å²) in [6.07, 6.45) is 1.64. The molecule has 0 amide bonds. The van der Waals surface area contributed by atoms with Crippen LogP contribution in [0.2, 0.25) is 5.02 Å². The lowest BCUT2D eigenvalue weighted by atomic mass is 10.1. The van der Waals surface area contributed by atoms with Gasteiger partial charge in [0.1, 0.15) is 6.61 Å². The number of carbonyl (C=O) groups excluding carboxylic acids is 1. The lowest BCUT2D eigenvalue weighted by molar-refractivity contribution is -0.129. The predicted molar refractivity (Wildman–Crippen MR) is 121 cm³/mol. The van der Waals surface area contributed by atoms with Crippen molar-refractivity contribution in [2.24, 2.45) is 4.99 Å². The average molecular weight is 434 g/mol.